The molecule has 0 spiro atoms. The van der Waals surface area contributed by atoms with Gasteiger partial charge in [-0.25, -0.2) is 9.59 Å². The summed E-state index contributed by atoms with van der Waals surface area (Å²) >= 11 is 16.9. The third kappa shape index (κ3) is 5.90. The first-order chi connectivity index (χ1) is 17.7. The number of carbonyl (C=O) groups is 4. The van der Waals surface area contributed by atoms with E-state index < -0.39 is 67.2 Å². The molecule has 1 aromatic rings. The highest BCUT2D eigenvalue weighted by molar-refractivity contribution is 7.87. The van der Waals surface area contributed by atoms with Gasteiger partial charge in [0.05, 0.1) is 27.7 Å². The van der Waals surface area contributed by atoms with E-state index in [1.807, 2.05) is 6.92 Å². The van der Waals surface area contributed by atoms with Crippen LogP contribution in [0.2, 0.25) is 0 Å². The molecule has 208 valence electrons. The van der Waals surface area contributed by atoms with Crippen LogP contribution in [-0.4, -0.2) is 78.1 Å². The second-order valence-corrected chi connectivity index (χ2v) is 14.7. The lowest BCUT2D eigenvalue weighted by Crippen LogP contribution is -2.72. The number of anilines is 1. The summed E-state index contributed by atoms with van der Waals surface area (Å²) in [4.78, 5) is 52.1. The monoisotopic (exact) mass is 607 g/mol. The average Bonchev–Trinajstić information content (AvgIpc) is 3.67. The number of β-lactam (4-membered cyclic amide) rings is 1. The number of fused-ring (bicyclic) bond motifs is 1. The Balaban J connectivity index is 1.37. The predicted molar refractivity (Wildman–Crippen MR) is 142 cm³/mol. The molecule has 2 saturated heterocycles. The van der Waals surface area contributed by atoms with Gasteiger partial charge in [0, 0.05) is 5.69 Å². The average molecular weight is 609 g/mol. The van der Waals surface area contributed by atoms with E-state index in [2.05, 4.69) is 10.6 Å². The van der Waals surface area contributed by atoms with Crippen LogP contribution >= 0.6 is 34.8 Å². The van der Waals surface area contributed by atoms with E-state index in [1.54, 1.807) is 38.1 Å². The first-order valence-electron chi connectivity index (χ1n) is 12.0. The number of nitrogens with one attached hydrogen (secondary N) is 2. The van der Waals surface area contributed by atoms with Gasteiger partial charge in [-0.05, 0) is 51.7 Å². The van der Waals surface area contributed by atoms with Crippen LogP contribution in [0.25, 0.3) is 0 Å². The van der Waals surface area contributed by atoms with Crippen molar-refractivity contribution in [3.63, 3.8) is 0 Å². The molecule has 14 heteroatoms. The fourth-order valence-corrected chi connectivity index (χ4v) is 6.69. The van der Waals surface area contributed by atoms with Crippen LogP contribution in [0.4, 0.5) is 5.69 Å². The number of benzene rings is 1. The minimum atomic E-state index is -1.84. The molecule has 1 aromatic carbocycles. The van der Waals surface area contributed by atoms with Gasteiger partial charge in [-0.1, -0.05) is 46.9 Å². The lowest BCUT2D eigenvalue weighted by atomic mass is 9.96. The van der Waals surface area contributed by atoms with Crippen LogP contribution in [0.1, 0.15) is 44.0 Å². The van der Waals surface area contributed by atoms with Gasteiger partial charge >= 0.3 is 11.9 Å². The third-order valence-corrected chi connectivity index (χ3v) is 9.36. The van der Waals surface area contributed by atoms with Crippen molar-refractivity contribution in [1.82, 2.24) is 10.2 Å². The molecule has 0 radical (unpaired) electrons. The Morgan fingerprint density at radius 3 is 2.50 bits per heavy atom. The molecule has 4 unspecified atom stereocenters. The third-order valence-electron chi connectivity index (χ3n) is 6.84. The number of para-hydroxylation sites is 1. The quantitative estimate of drug-likeness (QED) is 0.249. The molecule has 2 N–H and O–H groups in total. The minimum absolute atomic E-state index is 0.188. The zero-order valence-electron chi connectivity index (χ0n) is 20.9. The number of ether oxygens (including phenoxy) is 2. The van der Waals surface area contributed by atoms with E-state index in [0.717, 1.165) is 17.7 Å². The maximum Gasteiger partial charge on any atom is 0.340 e. The number of hydrogen-bond acceptors (Lipinski definition) is 8. The minimum Gasteiger partial charge on any atom is -0.460 e. The molecule has 5 atom stereocenters. The maximum atomic E-state index is 13.2. The number of halogens is 3. The summed E-state index contributed by atoms with van der Waals surface area (Å²) in [5.41, 5.74) is 0.688. The van der Waals surface area contributed by atoms with Crippen molar-refractivity contribution >= 4 is 75.0 Å². The number of nitrogens with zero attached hydrogens (tertiary/aromatic N) is 1. The van der Waals surface area contributed by atoms with Gasteiger partial charge in [-0.15, -0.1) is 0 Å². The molecule has 0 bridgehead atoms. The Labute approximate surface area is 237 Å². The van der Waals surface area contributed by atoms with Crippen LogP contribution in [-0.2, 0) is 34.7 Å². The second-order valence-electron chi connectivity index (χ2n) is 10.1. The standard InChI is InChI=1S/C24H28Cl3N3O7S/c1-12(13-8-9-13)37-21(33)14-6-4-5-7-15(14)28-10-16(31)29-17-19(32)30-18(22(34)36-11-24(25,26)27)23(2,3)38(35)20(17)30/h4-7,12-13,17-18,20,28H,8-11H2,1-3H3,(H,29,31)/t12?,17?,18?,20-,38?/m1/s1. The smallest absolute Gasteiger partial charge is 0.340 e. The highest BCUT2D eigenvalue weighted by atomic mass is 35.6. The molecule has 1 saturated carbocycles. The molecular weight excluding hydrogens is 581 g/mol. The Hall–Kier alpha value is -2.08. The first-order valence-corrected chi connectivity index (χ1v) is 14.4. The molecule has 4 rings (SSSR count). The van der Waals surface area contributed by atoms with Gasteiger partial charge in [-0.3, -0.25) is 13.8 Å². The molecular formula is C24H28Cl3N3O7S. The summed E-state index contributed by atoms with van der Waals surface area (Å²) in [6.45, 7) is 4.19. The van der Waals surface area contributed by atoms with Gasteiger partial charge in [0.1, 0.15) is 30.2 Å². The fourth-order valence-electron chi connectivity index (χ4n) is 4.62. The molecule has 2 aliphatic heterocycles. The van der Waals surface area contributed by atoms with Gasteiger partial charge in [0.2, 0.25) is 15.6 Å². The number of amides is 2. The van der Waals surface area contributed by atoms with Crippen LogP contribution < -0.4 is 10.6 Å². The van der Waals surface area contributed by atoms with Gasteiger partial charge in [0.15, 0.2) is 0 Å². The van der Waals surface area contributed by atoms with Crippen molar-refractivity contribution in [3.05, 3.63) is 29.8 Å². The summed E-state index contributed by atoms with van der Waals surface area (Å²) in [5, 5.41) is 4.56. The van der Waals surface area contributed by atoms with Gasteiger partial charge in [-0.2, -0.15) is 0 Å². The van der Waals surface area contributed by atoms with Crippen LogP contribution in [0.15, 0.2) is 24.3 Å². The highest BCUT2D eigenvalue weighted by Gasteiger charge is 2.68. The van der Waals surface area contributed by atoms with E-state index in [1.165, 1.54) is 0 Å². The molecule has 2 amide bonds. The molecule has 1 aliphatic carbocycles. The van der Waals surface area contributed by atoms with Crippen molar-refractivity contribution in [2.45, 2.75) is 65.7 Å². The van der Waals surface area contributed by atoms with Crippen LogP contribution in [0, 0.1) is 5.92 Å². The topological polar surface area (TPSA) is 131 Å². The molecule has 0 aromatic heterocycles. The largest absolute Gasteiger partial charge is 0.460 e. The maximum absolute atomic E-state index is 13.2. The molecule has 2 heterocycles. The van der Waals surface area contributed by atoms with Gasteiger partial charge < -0.3 is 25.0 Å². The zero-order valence-corrected chi connectivity index (χ0v) is 24.0. The van der Waals surface area contributed by atoms with Crippen molar-refractivity contribution in [3.8, 4) is 0 Å². The number of hydrogen-bond donors (Lipinski definition) is 2. The summed E-state index contributed by atoms with van der Waals surface area (Å²) in [6, 6.07) is 4.38. The van der Waals surface area contributed by atoms with E-state index >= 15 is 0 Å². The van der Waals surface area contributed by atoms with E-state index in [4.69, 9.17) is 44.3 Å². The van der Waals surface area contributed by atoms with Crippen molar-refractivity contribution in [2.75, 3.05) is 18.5 Å². The lowest BCUT2D eigenvalue weighted by molar-refractivity contribution is -0.164. The van der Waals surface area contributed by atoms with Crippen molar-refractivity contribution in [2.24, 2.45) is 5.92 Å². The molecule has 3 fully saturated rings. The van der Waals surface area contributed by atoms with E-state index in [-0.39, 0.29) is 18.2 Å². The number of esters is 2. The molecule has 10 nitrogen and oxygen atoms in total. The Kier molecular flexibility index (Phi) is 8.24. The SMILES string of the molecule is CC(OC(=O)c1ccccc1NCC(=O)NC1C(=O)N2C(C(=O)OCC(Cl)(Cl)Cl)C(C)(C)S(=O)[C@H]12)C1CC1. The fraction of sp³-hybridized carbons (Fsp3) is 0.583. The Morgan fingerprint density at radius 1 is 1.21 bits per heavy atom. The molecule has 38 heavy (non-hydrogen) atoms. The number of alkyl halides is 3. The van der Waals surface area contributed by atoms with E-state index in [0.29, 0.717) is 11.6 Å². The van der Waals surface area contributed by atoms with E-state index in [9.17, 15) is 23.4 Å². The number of rotatable bonds is 9. The zero-order chi connectivity index (χ0) is 28.0. The normalized spacial score (nSPS) is 26.6. The van der Waals surface area contributed by atoms with Crippen LogP contribution in [0.5, 0.6) is 0 Å². The summed E-state index contributed by atoms with van der Waals surface area (Å²) < 4.78 is 20.8. The second kappa shape index (κ2) is 10.8. The summed E-state index contributed by atoms with van der Waals surface area (Å²) in [5.74, 6) is -2.09. The highest BCUT2D eigenvalue weighted by Crippen LogP contribution is 2.44. The lowest BCUT2D eigenvalue weighted by Gasteiger charge is -2.43. The molecule has 3 aliphatic rings. The van der Waals surface area contributed by atoms with Crippen molar-refractivity contribution < 1.29 is 32.9 Å². The predicted octanol–water partition coefficient (Wildman–Crippen LogP) is 2.53. The van der Waals surface area contributed by atoms with Crippen molar-refractivity contribution in [1.29, 1.82) is 0 Å². The van der Waals surface area contributed by atoms with Gasteiger partial charge in [0.25, 0.3) is 0 Å². The van der Waals surface area contributed by atoms with Crippen LogP contribution in [0.3, 0.4) is 0 Å². The summed E-state index contributed by atoms with van der Waals surface area (Å²) in [7, 11) is -1.71. The summed E-state index contributed by atoms with van der Waals surface area (Å²) in [6.07, 6.45) is 1.88. The first kappa shape index (κ1) is 28.9. The number of carbonyl (C=O) groups excluding carboxylic acids is 4. The Morgan fingerprint density at radius 2 is 1.87 bits per heavy atom. The Bertz CT molecular complexity index is 1170.